The van der Waals surface area contributed by atoms with E-state index in [0.29, 0.717) is 31.0 Å². The fourth-order valence-corrected chi connectivity index (χ4v) is 3.99. The van der Waals surface area contributed by atoms with E-state index in [-0.39, 0.29) is 16.7 Å². The van der Waals surface area contributed by atoms with Gasteiger partial charge in [0.05, 0.1) is 5.25 Å². The number of aromatic amines is 1. The molecule has 1 saturated heterocycles. The molecule has 1 aromatic carbocycles. The van der Waals surface area contributed by atoms with Gasteiger partial charge >= 0.3 is 0 Å². The molecule has 9 heteroatoms. The van der Waals surface area contributed by atoms with Gasteiger partial charge in [0.15, 0.2) is 0 Å². The summed E-state index contributed by atoms with van der Waals surface area (Å²) in [6, 6.07) is 8.82. The van der Waals surface area contributed by atoms with Crippen molar-refractivity contribution in [2.75, 3.05) is 6.54 Å². The van der Waals surface area contributed by atoms with Gasteiger partial charge in [-0.15, -0.1) is 10.2 Å². The average Bonchev–Trinajstić information content (AvgIpc) is 3.35. The van der Waals surface area contributed by atoms with Crippen molar-refractivity contribution in [2.45, 2.75) is 29.7 Å². The van der Waals surface area contributed by atoms with Crippen LogP contribution in [0.15, 0.2) is 52.2 Å². The van der Waals surface area contributed by atoms with Crippen molar-refractivity contribution in [3.8, 4) is 11.6 Å². The molecule has 28 heavy (non-hydrogen) atoms. The molecule has 3 aromatic rings. The number of hydrogen-bond donors (Lipinski definition) is 1. The summed E-state index contributed by atoms with van der Waals surface area (Å²) in [6.45, 7) is 0.337. The van der Waals surface area contributed by atoms with E-state index >= 15 is 0 Å². The Labute approximate surface area is 164 Å². The van der Waals surface area contributed by atoms with E-state index in [0.717, 1.165) is 6.42 Å². The summed E-state index contributed by atoms with van der Waals surface area (Å²) in [5.41, 5.74) is 0.979. The van der Waals surface area contributed by atoms with Crippen LogP contribution in [0.3, 0.4) is 0 Å². The van der Waals surface area contributed by atoms with Gasteiger partial charge in [-0.3, -0.25) is 14.5 Å². The quantitative estimate of drug-likeness (QED) is 0.674. The number of amides is 2. The second kappa shape index (κ2) is 7.97. The van der Waals surface area contributed by atoms with Crippen LogP contribution in [0.2, 0.25) is 0 Å². The van der Waals surface area contributed by atoms with Gasteiger partial charge < -0.3 is 9.40 Å². The fraction of sp³-hybridized carbons (Fsp3) is 0.263. The molecular formula is C19H17FN4O3S. The molecule has 1 aliphatic rings. The monoisotopic (exact) mass is 400 g/mol. The Morgan fingerprint density at radius 2 is 2.04 bits per heavy atom. The van der Waals surface area contributed by atoms with Gasteiger partial charge in [0.25, 0.3) is 17.0 Å². The van der Waals surface area contributed by atoms with Crippen LogP contribution in [0, 0.1) is 5.82 Å². The predicted molar refractivity (Wildman–Crippen MR) is 100 cm³/mol. The Morgan fingerprint density at radius 3 is 2.79 bits per heavy atom. The van der Waals surface area contributed by atoms with Gasteiger partial charge in [-0.2, -0.15) is 0 Å². The third kappa shape index (κ3) is 3.84. The number of hydrogen-bond acceptors (Lipinski definition) is 6. The molecule has 0 unspecified atom stereocenters. The summed E-state index contributed by atoms with van der Waals surface area (Å²) in [5.74, 6) is -0.805. The maximum atomic E-state index is 13.1. The number of carbonyl (C=O) groups excluding carboxylic acids is 2. The number of benzene rings is 1. The maximum absolute atomic E-state index is 13.1. The zero-order valence-corrected chi connectivity index (χ0v) is 15.6. The highest BCUT2D eigenvalue weighted by atomic mass is 32.2. The van der Waals surface area contributed by atoms with Gasteiger partial charge in [-0.25, -0.2) is 4.39 Å². The maximum Gasteiger partial charge on any atom is 0.277 e. The van der Waals surface area contributed by atoms with E-state index in [1.54, 1.807) is 6.20 Å². The third-order valence-electron chi connectivity index (χ3n) is 4.45. The number of imide groups is 1. The molecule has 0 spiro atoms. The van der Waals surface area contributed by atoms with Crippen molar-refractivity contribution >= 4 is 23.6 Å². The normalized spacial score (nSPS) is 17.5. The lowest BCUT2D eigenvalue weighted by atomic mass is 10.2. The molecule has 0 saturated carbocycles. The SMILES string of the molecule is O=C(c1ccc(F)cc1)N1CCCC[C@@H](Sc2nnc(-c3ccc[nH]3)o2)C1=O. The summed E-state index contributed by atoms with van der Waals surface area (Å²) >= 11 is 1.17. The van der Waals surface area contributed by atoms with Gasteiger partial charge in [0.1, 0.15) is 11.5 Å². The number of rotatable bonds is 4. The molecule has 2 amide bonds. The lowest BCUT2D eigenvalue weighted by Gasteiger charge is -2.21. The van der Waals surface area contributed by atoms with E-state index < -0.39 is 17.0 Å². The van der Waals surface area contributed by atoms with Crippen molar-refractivity contribution in [1.82, 2.24) is 20.1 Å². The lowest BCUT2D eigenvalue weighted by molar-refractivity contribution is -0.127. The molecule has 0 bridgehead atoms. The van der Waals surface area contributed by atoms with Gasteiger partial charge in [0, 0.05) is 18.3 Å². The summed E-state index contributed by atoms with van der Waals surface area (Å²) in [4.78, 5) is 29.9. The van der Waals surface area contributed by atoms with E-state index in [1.165, 1.54) is 40.9 Å². The zero-order valence-electron chi connectivity index (χ0n) is 14.8. The van der Waals surface area contributed by atoms with E-state index in [9.17, 15) is 14.0 Å². The third-order valence-corrected chi connectivity index (χ3v) is 5.54. The van der Waals surface area contributed by atoms with Crippen LogP contribution in [0.5, 0.6) is 0 Å². The standard InChI is InChI=1S/C19H17FN4O3S/c20-13-8-6-12(7-9-13)17(25)24-11-2-1-5-15(18(24)26)28-19-23-22-16(27-19)14-4-3-10-21-14/h3-4,6-10,15,21H,1-2,5,11H2/t15-/m1/s1. The lowest BCUT2D eigenvalue weighted by Crippen LogP contribution is -2.41. The Morgan fingerprint density at radius 1 is 1.21 bits per heavy atom. The molecule has 4 rings (SSSR count). The van der Waals surface area contributed by atoms with Gasteiger partial charge in [-0.1, -0.05) is 18.2 Å². The molecule has 7 nitrogen and oxygen atoms in total. The second-order valence-corrected chi connectivity index (χ2v) is 7.52. The first-order chi connectivity index (χ1) is 13.6. The van der Waals surface area contributed by atoms with E-state index in [2.05, 4.69) is 15.2 Å². The molecular weight excluding hydrogens is 383 g/mol. The minimum atomic E-state index is -0.496. The number of halogens is 1. The second-order valence-electron chi connectivity index (χ2n) is 6.36. The summed E-state index contributed by atoms with van der Waals surface area (Å²) in [7, 11) is 0. The van der Waals surface area contributed by atoms with Crippen LogP contribution in [0.25, 0.3) is 11.6 Å². The van der Waals surface area contributed by atoms with E-state index in [1.807, 2.05) is 12.1 Å². The van der Waals surface area contributed by atoms with Crippen LogP contribution < -0.4 is 0 Å². The average molecular weight is 400 g/mol. The highest BCUT2D eigenvalue weighted by Gasteiger charge is 2.33. The Balaban J connectivity index is 1.50. The van der Waals surface area contributed by atoms with E-state index in [4.69, 9.17) is 4.42 Å². The smallest absolute Gasteiger partial charge is 0.277 e. The van der Waals surface area contributed by atoms with Crippen molar-refractivity contribution in [1.29, 1.82) is 0 Å². The predicted octanol–water partition coefficient (Wildman–Crippen LogP) is 3.52. The number of thioether (sulfide) groups is 1. The molecule has 0 radical (unpaired) electrons. The largest absolute Gasteiger partial charge is 0.410 e. The highest BCUT2D eigenvalue weighted by Crippen LogP contribution is 2.31. The number of likely N-dealkylation sites (tertiary alicyclic amines) is 1. The number of carbonyl (C=O) groups is 2. The van der Waals surface area contributed by atoms with Crippen LogP contribution in [-0.4, -0.2) is 43.7 Å². The number of aromatic nitrogens is 3. The van der Waals surface area contributed by atoms with Crippen LogP contribution in [-0.2, 0) is 4.79 Å². The van der Waals surface area contributed by atoms with Gasteiger partial charge in [-0.05, 0) is 49.2 Å². The first kappa shape index (κ1) is 18.4. The fourth-order valence-electron chi connectivity index (χ4n) is 3.02. The first-order valence-electron chi connectivity index (χ1n) is 8.87. The summed E-state index contributed by atoms with van der Waals surface area (Å²) in [6.07, 6.45) is 3.87. The molecule has 1 atom stereocenters. The summed E-state index contributed by atoms with van der Waals surface area (Å²) < 4.78 is 18.7. The van der Waals surface area contributed by atoms with Crippen molar-refractivity contribution in [3.63, 3.8) is 0 Å². The van der Waals surface area contributed by atoms with Crippen molar-refractivity contribution < 1.29 is 18.4 Å². The number of nitrogens with one attached hydrogen (secondary N) is 1. The first-order valence-corrected chi connectivity index (χ1v) is 9.75. The molecule has 0 aliphatic carbocycles. The molecule has 3 heterocycles. The van der Waals surface area contributed by atoms with Crippen LogP contribution in [0.4, 0.5) is 4.39 Å². The number of H-pyrrole nitrogens is 1. The minimum Gasteiger partial charge on any atom is -0.410 e. The van der Waals surface area contributed by atoms with Crippen LogP contribution in [0.1, 0.15) is 29.6 Å². The minimum absolute atomic E-state index is 0.277. The Bertz CT molecular complexity index is 971. The summed E-state index contributed by atoms with van der Waals surface area (Å²) in [5, 5.41) is 7.76. The van der Waals surface area contributed by atoms with Crippen LogP contribution >= 0.6 is 11.8 Å². The zero-order chi connectivity index (χ0) is 19.5. The number of nitrogens with zero attached hydrogens (tertiary/aromatic N) is 3. The molecule has 1 aliphatic heterocycles. The molecule has 1 fully saturated rings. The van der Waals surface area contributed by atoms with Gasteiger partial charge in [0.2, 0.25) is 5.91 Å². The topological polar surface area (TPSA) is 92.1 Å². The van der Waals surface area contributed by atoms with Crippen molar-refractivity contribution in [3.05, 3.63) is 54.0 Å². The highest BCUT2D eigenvalue weighted by molar-refractivity contribution is 8.00. The Kier molecular flexibility index (Phi) is 5.25. The Hall–Kier alpha value is -2.94. The molecule has 1 N–H and O–H groups in total. The molecule has 144 valence electrons. The van der Waals surface area contributed by atoms with Crippen molar-refractivity contribution in [2.24, 2.45) is 0 Å². The molecule has 2 aromatic heterocycles.